The van der Waals surface area contributed by atoms with E-state index in [0.717, 1.165) is 15.6 Å². The minimum Gasteiger partial charge on any atom is -0.345 e. The van der Waals surface area contributed by atoms with E-state index in [0.29, 0.717) is 5.56 Å². The standard InChI is InChI=1S/C15H15BrN2O/c1-10-5-6-13(14(16)8-10)15(19)18-11(2)12-4-3-7-17-9-12/h3-9,11H,1-2H3,(H,18,19). The average molecular weight is 319 g/mol. The number of halogens is 1. The van der Waals surface area contributed by atoms with E-state index in [2.05, 4.69) is 26.2 Å². The van der Waals surface area contributed by atoms with Crippen molar-refractivity contribution < 1.29 is 4.79 Å². The molecule has 0 radical (unpaired) electrons. The van der Waals surface area contributed by atoms with Gasteiger partial charge in [0.1, 0.15) is 0 Å². The van der Waals surface area contributed by atoms with Gasteiger partial charge in [0, 0.05) is 16.9 Å². The molecule has 0 aliphatic rings. The maximum Gasteiger partial charge on any atom is 0.252 e. The van der Waals surface area contributed by atoms with Crippen molar-refractivity contribution in [2.45, 2.75) is 19.9 Å². The van der Waals surface area contributed by atoms with Gasteiger partial charge in [-0.25, -0.2) is 0 Å². The van der Waals surface area contributed by atoms with Crippen molar-refractivity contribution in [3.63, 3.8) is 0 Å². The van der Waals surface area contributed by atoms with E-state index < -0.39 is 0 Å². The second-order valence-electron chi connectivity index (χ2n) is 4.46. The highest BCUT2D eigenvalue weighted by Crippen LogP contribution is 2.19. The normalized spacial score (nSPS) is 11.9. The molecule has 1 atom stereocenters. The predicted octanol–water partition coefficient (Wildman–Crippen LogP) is 3.64. The molecule has 98 valence electrons. The quantitative estimate of drug-likeness (QED) is 0.938. The summed E-state index contributed by atoms with van der Waals surface area (Å²) in [7, 11) is 0. The predicted molar refractivity (Wildman–Crippen MR) is 79.0 cm³/mol. The van der Waals surface area contributed by atoms with E-state index in [-0.39, 0.29) is 11.9 Å². The monoisotopic (exact) mass is 318 g/mol. The summed E-state index contributed by atoms with van der Waals surface area (Å²) in [5.41, 5.74) is 2.74. The van der Waals surface area contributed by atoms with Crippen LogP contribution in [-0.2, 0) is 0 Å². The van der Waals surface area contributed by atoms with Crippen LogP contribution in [-0.4, -0.2) is 10.9 Å². The van der Waals surface area contributed by atoms with Crippen LogP contribution in [0.25, 0.3) is 0 Å². The molecule has 0 bridgehead atoms. The first-order chi connectivity index (χ1) is 9.08. The molecule has 3 nitrogen and oxygen atoms in total. The molecule has 1 unspecified atom stereocenters. The molecule has 4 heteroatoms. The Morgan fingerprint density at radius 2 is 2.16 bits per heavy atom. The lowest BCUT2D eigenvalue weighted by Gasteiger charge is -2.14. The number of nitrogens with one attached hydrogen (secondary N) is 1. The molecule has 1 aromatic heterocycles. The van der Waals surface area contributed by atoms with Crippen molar-refractivity contribution >= 4 is 21.8 Å². The summed E-state index contributed by atoms with van der Waals surface area (Å²) in [5, 5.41) is 2.96. The van der Waals surface area contributed by atoms with Crippen molar-refractivity contribution in [2.75, 3.05) is 0 Å². The molecular weight excluding hydrogens is 304 g/mol. The van der Waals surface area contributed by atoms with Gasteiger partial charge in [0.2, 0.25) is 0 Å². The number of nitrogens with zero attached hydrogens (tertiary/aromatic N) is 1. The van der Waals surface area contributed by atoms with Crippen molar-refractivity contribution in [3.05, 3.63) is 63.9 Å². The van der Waals surface area contributed by atoms with Crippen LogP contribution < -0.4 is 5.32 Å². The zero-order valence-electron chi connectivity index (χ0n) is 10.9. The fourth-order valence-corrected chi connectivity index (χ4v) is 2.47. The van der Waals surface area contributed by atoms with Gasteiger partial charge in [0.15, 0.2) is 0 Å². The Labute approximate surface area is 121 Å². The van der Waals surface area contributed by atoms with E-state index in [1.54, 1.807) is 12.4 Å². The third-order valence-corrected chi connectivity index (χ3v) is 3.56. The average Bonchev–Trinajstić information content (AvgIpc) is 2.39. The van der Waals surface area contributed by atoms with Crippen LogP contribution >= 0.6 is 15.9 Å². The summed E-state index contributed by atoms with van der Waals surface area (Å²) in [6, 6.07) is 9.42. The number of rotatable bonds is 3. The number of aromatic nitrogens is 1. The molecule has 1 amide bonds. The Hall–Kier alpha value is -1.68. The summed E-state index contributed by atoms with van der Waals surface area (Å²) in [5.74, 6) is -0.0942. The summed E-state index contributed by atoms with van der Waals surface area (Å²) < 4.78 is 0.809. The third-order valence-electron chi connectivity index (χ3n) is 2.90. The smallest absolute Gasteiger partial charge is 0.252 e. The molecule has 0 aliphatic heterocycles. The van der Waals surface area contributed by atoms with Crippen LogP contribution in [0.1, 0.15) is 34.5 Å². The highest BCUT2D eigenvalue weighted by Gasteiger charge is 2.13. The first-order valence-corrected chi connectivity index (χ1v) is 6.84. The van der Waals surface area contributed by atoms with Gasteiger partial charge in [-0.05, 0) is 59.1 Å². The number of hydrogen-bond acceptors (Lipinski definition) is 2. The van der Waals surface area contributed by atoms with Gasteiger partial charge in [-0.1, -0.05) is 12.1 Å². The van der Waals surface area contributed by atoms with Crippen molar-refractivity contribution in [3.8, 4) is 0 Å². The van der Waals surface area contributed by atoms with E-state index >= 15 is 0 Å². The largest absolute Gasteiger partial charge is 0.345 e. The van der Waals surface area contributed by atoms with Gasteiger partial charge >= 0.3 is 0 Å². The summed E-state index contributed by atoms with van der Waals surface area (Å²) in [6.45, 7) is 3.93. The van der Waals surface area contributed by atoms with E-state index in [1.165, 1.54) is 0 Å². The number of benzene rings is 1. The molecule has 0 aliphatic carbocycles. The first kappa shape index (κ1) is 13.7. The fraction of sp³-hybridized carbons (Fsp3) is 0.200. The van der Waals surface area contributed by atoms with Crippen LogP contribution in [0.4, 0.5) is 0 Å². The molecular formula is C15H15BrN2O. The molecule has 2 aromatic rings. The Balaban J connectivity index is 2.13. The van der Waals surface area contributed by atoms with Gasteiger partial charge in [0.05, 0.1) is 11.6 Å². The Kier molecular flexibility index (Phi) is 4.32. The molecule has 1 N–H and O–H groups in total. The molecule has 2 rings (SSSR count). The summed E-state index contributed by atoms with van der Waals surface area (Å²) >= 11 is 3.42. The Bertz CT molecular complexity index is 584. The molecule has 1 heterocycles. The molecule has 0 saturated heterocycles. The van der Waals surface area contributed by atoms with Crippen LogP contribution in [0.3, 0.4) is 0 Å². The van der Waals surface area contributed by atoms with Gasteiger partial charge in [-0.3, -0.25) is 9.78 Å². The number of aryl methyl sites for hydroxylation is 1. The Morgan fingerprint density at radius 1 is 1.37 bits per heavy atom. The van der Waals surface area contributed by atoms with Crippen LogP contribution in [0.2, 0.25) is 0 Å². The van der Waals surface area contributed by atoms with E-state index in [9.17, 15) is 4.79 Å². The number of carbonyl (C=O) groups excluding carboxylic acids is 1. The molecule has 1 aromatic carbocycles. The van der Waals surface area contributed by atoms with Gasteiger partial charge in [-0.15, -0.1) is 0 Å². The maximum atomic E-state index is 12.2. The van der Waals surface area contributed by atoms with Crippen molar-refractivity contribution in [2.24, 2.45) is 0 Å². The van der Waals surface area contributed by atoms with Crippen LogP contribution in [0.5, 0.6) is 0 Å². The topological polar surface area (TPSA) is 42.0 Å². The molecule has 19 heavy (non-hydrogen) atoms. The van der Waals surface area contributed by atoms with Gasteiger partial charge in [-0.2, -0.15) is 0 Å². The summed E-state index contributed by atoms with van der Waals surface area (Å²) in [4.78, 5) is 16.3. The SMILES string of the molecule is Cc1ccc(C(=O)NC(C)c2cccnc2)c(Br)c1. The van der Waals surface area contributed by atoms with Crippen LogP contribution in [0, 0.1) is 6.92 Å². The van der Waals surface area contributed by atoms with Crippen molar-refractivity contribution in [1.82, 2.24) is 10.3 Å². The second kappa shape index (κ2) is 5.97. The lowest BCUT2D eigenvalue weighted by Crippen LogP contribution is -2.27. The fourth-order valence-electron chi connectivity index (χ4n) is 1.79. The van der Waals surface area contributed by atoms with Gasteiger partial charge < -0.3 is 5.32 Å². The molecule has 0 spiro atoms. The van der Waals surface area contributed by atoms with E-state index in [4.69, 9.17) is 0 Å². The van der Waals surface area contributed by atoms with Crippen LogP contribution in [0.15, 0.2) is 47.2 Å². The number of pyridine rings is 1. The van der Waals surface area contributed by atoms with Crippen molar-refractivity contribution in [1.29, 1.82) is 0 Å². The molecule has 0 fully saturated rings. The number of amides is 1. The summed E-state index contributed by atoms with van der Waals surface area (Å²) in [6.07, 6.45) is 3.48. The maximum absolute atomic E-state index is 12.2. The lowest BCUT2D eigenvalue weighted by atomic mass is 10.1. The number of hydrogen-bond donors (Lipinski definition) is 1. The zero-order valence-corrected chi connectivity index (χ0v) is 12.4. The zero-order chi connectivity index (χ0) is 13.8. The van der Waals surface area contributed by atoms with E-state index in [1.807, 2.05) is 44.2 Å². The lowest BCUT2D eigenvalue weighted by molar-refractivity contribution is 0.0939. The Morgan fingerprint density at radius 3 is 2.79 bits per heavy atom. The third kappa shape index (κ3) is 3.41. The second-order valence-corrected chi connectivity index (χ2v) is 5.32. The molecule has 0 saturated carbocycles. The highest BCUT2D eigenvalue weighted by atomic mass is 79.9. The minimum atomic E-state index is -0.0942. The number of carbonyl (C=O) groups is 1. The highest BCUT2D eigenvalue weighted by molar-refractivity contribution is 9.10. The first-order valence-electron chi connectivity index (χ1n) is 6.05. The minimum absolute atomic E-state index is 0.0746. The van der Waals surface area contributed by atoms with Gasteiger partial charge in [0.25, 0.3) is 5.91 Å².